The predicted octanol–water partition coefficient (Wildman–Crippen LogP) is 3.39. The van der Waals surface area contributed by atoms with Gasteiger partial charge in [0.25, 0.3) is 0 Å². The number of piperazine rings is 1. The van der Waals surface area contributed by atoms with E-state index < -0.39 is 0 Å². The maximum Gasteiger partial charge on any atom is 0.220 e. The van der Waals surface area contributed by atoms with Gasteiger partial charge < -0.3 is 4.90 Å². The molecule has 3 nitrogen and oxygen atoms in total. The summed E-state index contributed by atoms with van der Waals surface area (Å²) < 4.78 is 0. The molecule has 1 saturated heterocycles. The number of carbonyl (C=O) groups excluding carboxylic acids is 1. The van der Waals surface area contributed by atoms with Gasteiger partial charge in [-0.3, -0.25) is 9.69 Å². The summed E-state index contributed by atoms with van der Waals surface area (Å²) in [6.07, 6.45) is 3.87. The fraction of sp³-hybridized carbons (Fsp3) is 0.941. The van der Waals surface area contributed by atoms with E-state index in [0.29, 0.717) is 23.9 Å². The Morgan fingerprint density at radius 3 is 1.90 bits per heavy atom. The third-order valence-electron chi connectivity index (χ3n) is 4.59. The second-order valence-corrected chi connectivity index (χ2v) is 7.02. The number of amides is 1. The average Bonchev–Trinajstić information content (AvgIpc) is 2.37. The first-order chi connectivity index (χ1) is 9.38. The van der Waals surface area contributed by atoms with E-state index in [0.717, 1.165) is 13.1 Å². The fourth-order valence-corrected chi connectivity index (χ4v) is 3.32. The van der Waals surface area contributed by atoms with Crippen LogP contribution < -0.4 is 0 Å². The van der Waals surface area contributed by atoms with E-state index in [2.05, 4.69) is 44.4 Å². The molecule has 2 atom stereocenters. The van der Waals surface area contributed by atoms with Crippen molar-refractivity contribution in [3.05, 3.63) is 0 Å². The third-order valence-corrected chi connectivity index (χ3v) is 4.59. The van der Waals surface area contributed by atoms with E-state index in [-0.39, 0.29) is 5.91 Å². The summed E-state index contributed by atoms with van der Waals surface area (Å²) in [7, 11) is 0. The molecule has 1 fully saturated rings. The minimum Gasteiger partial charge on any atom is -0.334 e. The Morgan fingerprint density at radius 2 is 1.55 bits per heavy atom. The molecule has 0 radical (unpaired) electrons. The molecule has 1 aliphatic rings. The van der Waals surface area contributed by atoms with Crippen LogP contribution in [0.1, 0.15) is 60.8 Å². The van der Waals surface area contributed by atoms with Crippen molar-refractivity contribution in [1.82, 2.24) is 9.80 Å². The third kappa shape index (κ3) is 4.47. The Labute approximate surface area is 125 Å². The normalized spacial score (nSPS) is 24.7. The van der Waals surface area contributed by atoms with Crippen molar-refractivity contribution in [2.75, 3.05) is 19.6 Å². The second kappa shape index (κ2) is 8.02. The lowest BCUT2D eigenvalue weighted by molar-refractivity contribution is -0.141. The Bertz CT molecular complexity index is 283. The molecule has 0 aromatic carbocycles. The van der Waals surface area contributed by atoms with Gasteiger partial charge in [-0.15, -0.1) is 0 Å². The molecule has 0 aromatic heterocycles. The molecule has 3 heteroatoms. The first-order valence-corrected chi connectivity index (χ1v) is 8.39. The number of unbranched alkanes of at least 4 members (excludes halogenated alkanes) is 2. The zero-order valence-electron chi connectivity index (χ0n) is 14.4. The van der Waals surface area contributed by atoms with Gasteiger partial charge in [-0.25, -0.2) is 0 Å². The van der Waals surface area contributed by atoms with Gasteiger partial charge in [0.2, 0.25) is 5.91 Å². The van der Waals surface area contributed by atoms with Crippen LogP contribution in [-0.2, 0) is 4.79 Å². The predicted molar refractivity (Wildman–Crippen MR) is 85.7 cm³/mol. The van der Waals surface area contributed by atoms with E-state index in [4.69, 9.17) is 0 Å². The molecule has 20 heavy (non-hydrogen) atoms. The van der Waals surface area contributed by atoms with Crippen LogP contribution in [0.3, 0.4) is 0 Å². The lowest BCUT2D eigenvalue weighted by atomic mass is 9.91. The van der Waals surface area contributed by atoms with Crippen LogP contribution in [0.4, 0.5) is 0 Å². The van der Waals surface area contributed by atoms with E-state index in [1.165, 1.54) is 25.8 Å². The van der Waals surface area contributed by atoms with Crippen LogP contribution in [0, 0.1) is 11.8 Å². The lowest BCUT2D eigenvalue weighted by Crippen LogP contribution is -2.63. The zero-order chi connectivity index (χ0) is 15.3. The Morgan fingerprint density at radius 1 is 1.05 bits per heavy atom. The summed E-state index contributed by atoms with van der Waals surface area (Å²) >= 11 is 0. The Kier molecular flexibility index (Phi) is 7.01. The second-order valence-electron chi connectivity index (χ2n) is 7.02. The molecule has 0 bridgehead atoms. The molecule has 0 spiro atoms. The van der Waals surface area contributed by atoms with Crippen LogP contribution in [0.2, 0.25) is 0 Å². The van der Waals surface area contributed by atoms with Gasteiger partial charge in [0, 0.05) is 32.1 Å². The number of hydrogen-bond acceptors (Lipinski definition) is 2. The highest BCUT2D eigenvalue weighted by Gasteiger charge is 2.38. The Hall–Kier alpha value is -0.570. The molecule has 0 saturated carbocycles. The van der Waals surface area contributed by atoms with Crippen molar-refractivity contribution in [3.8, 4) is 0 Å². The van der Waals surface area contributed by atoms with Crippen molar-refractivity contribution in [2.24, 2.45) is 11.8 Å². The van der Waals surface area contributed by atoms with E-state index in [9.17, 15) is 4.79 Å². The highest BCUT2D eigenvalue weighted by atomic mass is 16.2. The molecule has 1 rings (SSSR count). The summed E-state index contributed by atoms with van der Waals surface area (Å²) in [6, 6.07) is 0.741. The minimum absolute atomic E-state index is 0.246. The molecular weight excluding hydrogens is 248 g/mol. The molecule has 1 aliphatic heterocycles. The van der Waals surface area contributed by atoms with Crippen LogP contribution in [0.25, 0.3) is 0 Å². The number of hydrogen-bond donors (Lipinski definition) is 0. The monoisotopic (exact) mass is 282 g/mol. The van der Waals surface area contributed by atoms with Crippen LogP contribution in [0.15, 0.2) is 0 Å². The number of carbonyl (C=O) groups is 1. The van der Waals surface area contributed by atoms with Crippen molar-refractivity contribution in [3.63, 3.8) is 0 Å². The fourth-order valence-electron chi connectivity index (χ4n) is 3.32. The molecule has 118 valence electrons. The van der Waals surface area contributed by atoms with Gasteiger partial charge in [-0.2, -0.15) is 0 Å². The zero-order valence-corrected chi connectivity index (χ0v) is 14.4. The largest absolute Gasteiger partial charge is 0.334 e. The van der Waals surface area contributed by atoms with Crippen LogP contribution in [0.5, 0.6) is 0 Å². The van der Waals surface area contributed by atoms with Gasteiger partial charge in [-0.05, 0) is 24.8 Å². The molecular formula is C17H34N2O. The van der Waals surface area contributed by atoms with E-state index in [1.807, 2.05) is 0 Å². The first kappa shape index (κ1) is 17.5. The maximum atomic E-state index is 12.1. The smallest absolute Gasteiger partial charge is 0.220 e. The molecule has 0 N–H and O–H groups in total. The number of rotatable bonds is 6. The Balaban J connectivity index is 2.80. The van der Waals surface area contributed by atoms with E-state index >= 15 is 0 Å². The summed E-state index contributed by atoms with van der Waals surface area (Å²) in [6.45, 7) is 16.2. The van der Waals surface area contributed by atoms with Crippen LogP contribution in [-0.4, -0.2) is 47.4 Å². The number of nitrogens with zero attached hydrogens (tertiary/aromatic N) is 2. The highest BCUT2D eigenvalue weighted by molar-refractivity contribution is 5.74. The maximum absolute atomic E-state index is 12.1. The average molecular weight is 282 g/mol. The van der Waals surface area contributed by atoms with Gasteiger partial charge in [0.15, 0.2) is 0 Å². The first-order valence-electron chi connectivity index (χ1n) is 8.39. The van der Waals surface area contributed by atoms with Gasteiger partial charge in [0.1, 0.15) is 0 Å². The topological polar surface area (TPSA) is 23.6 Å². The summed E-state index contributed by atoms with van der Waals surface area (Å²) in [5.41, 5.74) is 0. The molecule has 1 amide bonds. The highest BCUT2D eigenvalue weighted by Crippen LogP contribution is 2.26. The standard InChI is InChI=1S/C17H34N2O/c1-7-8-9-10-18-11-16(13(2)3)19(15(6)20)17(12-18)14(4)5/h13-14,16-17H,7-12H2,1-6H3. The van der Waals surface area contributed by atoms with Gasteiger partial charge in [0.05, 0.1) is 0 Å². The summed E-state index contributed by atoms with van der Waals surface area (Å²) in [4.78, 5) is 16.9. The minimum atomic E-state index is 0.246. The molecule has 0 aliphatic carbocycles. The molecule has 0 aromatic rings. The van der Waals surface area contributed by atoms with Gasteiger partial charge >= 0.3 is 0 Å². The SMILES string of the molecule is CCCCCN1CC(C(C)C)N(C(C)=O)C(C(C)C)C1. The van der Waals surface area contributed by atoms with Crippen molar-refractivity contribution in [1.29, 1.82) is 0 Å². The molecule has 1 heterocycles. The molecule has 2 unspecified atom stereocenters. The van der Waals surface area contributed by atoms with Crippen molar-refractivity contribution < 1.29 is 4.79 Å². The quantitative estimate of drug-likeness (QED) is 0.697. The van der Waals surface area contributed by atoms with Crippen molar-refractivity contribution >= 4 is 5.91 Å². The van der Waals surface area contributed by atoms with Crippen molar-refractivity contribution in [2.45, 2.75) is 72.9 Å². The lowest BCUT2D eigenvalue weighted by Gasteiger charge is -2.49. The van der Waals surface area contributed by atoms with Crippen LogP contribution >= 0.6 is 0 Å². The van der Waals surface area contributed by atoms with E-state index in [1.54, 1.807) is 6.92 Å². The summed E-state index contributed by atoms with van der Waals surface area (Å²) in [5, 5.41) is 0. The summed E-state index contributed by atoms with van der Waals surface area (Å²) in [5.74, 6) is 1.29. The van der Waals surface area contributed by atoms with Gasteiger partial charge in [-0.1, -0.05) is 47.5 Å².